The van der Waals surface area contributed by atoms with Crippen molar-refractivity contribution in [2.75, 3.05) is 20.3 Å². The normalized spacial score (nSPS) is 18.5. The highest BCUT2D eigenvalue weighted by Crippen LogP contribution is 2.29. The lowest BCUT2D eigenvalue weighted by Crippen LogP contribution is -2.33. The van der Waals surface area contributed by atoms with Gasteiger partial charge in [-0.2, -0.15) is 0 Å². The van der Waals surface area contributed by atoms with E-state index in [1.807, 2.05) is 0 Å². The van der Waals surface area contributed by atoms with Crippen molar-refractivity contribution < 1.29 is 4.74 Å². The highest BCUT2D eigenvalue weighted by molar-refractivity contribution is 5.81. The molecule has 76 valence electrons. The molecular formula is C9H19N3O. The third-order valence-electron chi connectivity index (χ3n) is 2.47. The van der Waals surface area contributed by atoms with Crippen molar-refractivity contribution in [3.8, 4) is 0 Å². The molecule has 0 heterocycles. The quantitative estimate of drug-likeness (QED) is 0.218. The van der Waals surface area contributed by atoms with E-state index in [1.165, 1.54) is 19.3 Å². The first kappa shape index (κ1) is 10.5. The molecule has 1 fully saturated rings. The van der Waals surface area contributed by atoms with Gasteiger partial charge < -0.3 is 10.2 Å². The van der Waals surface area contributed by atoms with Crippen LogP contribution in [0.5, 0.6) is 0 Å². The summed E-state index contributed by atoms with van der Waals surface area (Å²) in [6.07, 6.45) is 5.01. The van der Waals surface area contributed by atoms with E-state index in [9.17, 15) is 0 Å². The lowest BCUT2D eigenvalue weighted by molar-refractivity contribution is 0.207. The van der Waals surface area contributed by atoms with Crippen molar-refractivity contribution in [2.24, 2.45) is 16.8 Å². The van der Waals surface area contributed by atoms with Crippen molar-refractivity contribution in [3.63, 3.8) is 0 Å². The summed E-state index contributed by atoms with van der Waals surface area (Å²) in [5.74, 6) is 7.08. The van der Waals surface area contributed by atoms with Crippen LogP contribution in [0.4, 0.5) is 0 Å². The van der Waals surface area contributed by atoms with Crippen molar-refractivity contribution in [1.29, 1.82) is 0 Å². The number of hydrogen-bond acceptors (Lipinski definition) is 3. The third-order valence-corrected chi connectivity index (χ3v) is 2.47. The topological polar surface area (TPSA) is 59.6 Å². The first-order valence-electron chi connectivity index (χ1n) is 4.85. The maximum atomic E-state index is 5.36. The Labute approximate surface area is 79.5 Å². The fourth-order valence-electron chi connectivity index (χ4n) is 1.41. The number of rotatable bonds is 5. The molecule has 13 heavy (non-hydrogen) atoms. The average Bonchev–Trinajstić information content (AvgIpc) is 2.08. The van der Waals surface area contributed by atoms with Gasteiger partial charge in [0.25, 0.3) is 0 Å². The molecule has 1 aliphatic carbocycles. The van der Waals surface area contributed by atoms with Gasteiger partial charge in [-0.3, -0.25) is 4.99 Å². The second-order valence-electron chi connectivity index (χ2n) is 3.47. The Morgan fingerprint density at radius 1 is 1.62 bits per heavy atom. The van der Waals surface area contributed by atoms with Crippen molar-refractivity contribution in [2.45, 2.75) is 25.7 Å². The minimum absolute atomic E-state index is 0.663. The van der Waals surface area contributed by atoms with Crippen LogP contribution in [-0.2, 0) is 4.74 Å². The fourth-order valence-corrected chi connectivity index (χ4v) is 1.41. The first-order valence-corrected chi connectivity index (χ1v) is 4.85. The Morgan fingerprint density at radius 2 is 2.38 bits per heavy atom. The number of nitrogens with one attached hydrogen (secondary N) is 1. The van der Waals surface area contributed by atoms with E-state index in [4.69, 9.17) is 10.6 Å². The van der Waals surface area contributed by atoms with E-state index in [0.29, 0.717) is 13.2 Å². The summed E-state index contributed by atoms with van der Waals surface area (Å²) in [6, 6.07) is 0. The van der Waals surface area contributed by atoms with Gasteiger partial charge in [-0.1, -0.05) is 19.3 Å². The molecular weight excluding hydrogens is 166 g/mol. The molecule has 0 aromatic heterocycles. The molecule has 4 nitrogen and oxygen atoms in total. The Kier molecular flexibility index (Phi) is 4.78. The summed E-state index contributed by atoms with van der Waals surface area (Å²) in [4.78, 5) is 4.31. The summed E-state index contributed by atoms with van der Waals surface area (Å²) in [5.41, 5.74) is 2.65. The first-order chi connectivity index (χ1) is 6.36. The zero-order chi connectivity index (χ0) is 9.52. The maximum Gasteiger partial charge on any atom is 0.111 e. The van der Waals surface area contributed by atoms with Gasteiger partial charge in [0, 0.05) is 13.5 Å². The number of nitrogens with zero attached hydrogens (tertiary/aromatic N) is 1. The molecule has 0 aromatic rings. The third kappa shape index (κ3) is 3.74. The molecule has 0 bridgehead atoms. The van der Waals surface area contributed by atoms with Crippen molar-refractivity contribution in [3.05, 3.63) is 0 Å². The van der Waals surface area contributed by atoms with Crippen LogP contribution in [0.2, 0.25) is 0 Å². The lowest BCUT2D eigenvalue weighted by Gasteiger charge is -2.25. The van der Waals surface area contributed by atoms with Gasteiger partial charge in [-0.15, -0.1) is 0 Å². The molecule has 0 saturated heterocycles. The minimum Gasteiger partial charge on any atom is -0.383 e. The smallest absolute Gasteiger partial charge is 0.111 e. The number of ether oxygens (including phenoxy) is 1. The molecule has 1 rings (SSSR count). The number of aliphatic imine (C=N–C) groups is 1. The van der Waals surface area contributed by atoms with Crippen LogP contribution in [-0.4, -0.2) is 26.1 Å². The van der Waals surface area contributed by atoms with E-state index in [0.717, 1.165) is 18.2 Å². The molecule has 1 aliphatic rings. The number of hydrazine groups is 1. The molecule has 3 N–H and O–H groups in total. The summed E-state index contributed by atoms with van der Waals surface area (Å²) >= 11 is 0. The second kappa shape index (κ2) is 5.94. The molecule has 0 radical (unpaired) electrons. The van der Waals surface area contributed by atoms with Crippen LogP contribution in [0, 0.1) is 5.92 Å². The Balaban J connectivity index is 2.19. The number of hydrogen-bond donors (Lipinski definition) is 2. The van der Waals surface area contributed by atoms with Crippen LogP contribution >= 0.6 is 0 Å². The highest BCUT2D eigenvalue weighted by Gasteiger charge is 2.18. The summed E-state index contributed by atoms with van der Waals surface area (Å²) in [7, 11) is 1.68. The Hall–Kier alpha value is -0.610. The summed E-state index contributed by atoms with van der Waals surface area (Å²) in [5, 5.41) is 0. The van der Waals surface area contributed by atoms with Crippen LogP contribution in [0.15, 0.2) is 4.99 Å². The largest absolute Gasteiger partial charge is 0.383 e. The van der Waals surface area contributed by atoms with Gasteiger partial charge in [0.15, 0.2) is 0 Å². The van der Waals surface area contributed by atoms with Gasteiger partial charge >= 0.3 is 0 Å². The fraction of sp³-hybridized carbons (Fsp3) is 0.889. The van der Waals surface area contributed by atoms with Gasteiger partial charge in [0.05, 0.1) is 13.2 Å². The molecule has 0 amide bonds. The maximum absolute atomic E-state index is 5.36. The molecule has 4 heteroatoms. The molecule has 0 unspecified atom stereocenters. The lowest BCUT2D eigenvalue weighted by atomic mass is 9.83. The molecule has 0 aliphatic heterocycles. The highest BCUT2D eigenvalue weighted by atomic mass is 16.5. The van der Waals surface area contributed by atoms with Crippen molar-refractivity contribution >= 4 is 5.84 Å². The van der Waals surface area contributed by atoms with E-state index in [2.05, 4.69) is 10.4 Å². The van der Waals surface area contributed by atoms with E-state index in [-0.39, 0.29) is 0 Å². The summed E-state index contributed by atoms with van der Waals surface area (Å²) in [6.45, 7) is 1.36. The van der Waals surface area contributed by atoms with E-state index >= 15 is 0 Å². The standard InChI is InChI=1S/C9H19N3O/c1-13-6-5-11-9(12-10)7-8-3-2-4-8/h8H,2-7,10H2,1H3,(H,11,12). The number of amidine groups is 1. The SMILES string of the molecule is COCCN=C(CC1CCC1)NN. The average molecular weight is 185 g/mol. The molecule has 0 aromatic carbocycles. The zero-order valence-electron chi connectivity index (χ0n) is 8.25. The van der Waals surface area contributed by atoms with Crippen LogP contribution < -0.4 is 11.3 Å². The van der Waals surface area contributed by atoms with Crippen LogP contribution in [0.25, 0.3) is 0 Å². The predicted octanol–water partition coefficient (Wildman–Crippen LogP) is 0.685. The molecule has 0 atom stereocenters. The molecule has 1 saturated carbocycles. The van der Waals surface area contributed by atoms with Crippen molar-refractivity contribution in [1.82, 2.24) is 5.43 Å². The minimum atomic E-state index is 0.663. The number of nitrogens with two attached hydrogens (primary N) is 1. The Morgan fingerprint density at radius 3 is 2.85 bits per heavy atom. The second-order valence-corrected chi connectivity index (χ2v) is 3.47. The van der Waals surface area contributed by atoms with Gasteiger partial charge in [-0.05, 0) is 5.92 Å². The van der Waals surface area contributed by atoms with Crippen LogP contribution in [0.1, 0.15) is 25.7 Å². The monoisotopic (exact) mass is 185 g/mol. The van der Waals surface area contributed by atoms with Crippen LogP contribution in [0.3, 0.4) is 0 Å². The number of methoxy groups -OCH3 is 1. The van der Waals surface area contributed by atoms with Gasteiger partial charge in [0.1, 0.15) is 5.84 Å². The van der Waals surface area contributed by atoms with Gasteiger partial charge in [0.2, 0.25) is 0 Å². The van der Waals surface area contributed by atoms with E-state index < -0.39 is 0 Å². The predicted molar refractivity (Wildman–Crippen MR) is 53.5 cm³/mol. The van der Waals surface area contributed by atoms with E-state index in [1.54, 1.807) is 7.11 Å². The molecule has 0 spiro atoms. The Bertz CT molecular complexity index is 166. The zero-order valence-corrected chi connectivity index (χ0v) is 8.25. The summed E-state index contributed by atoms with van der Waals surface area (Å²) < 4.78 is 4.91. The van der Waals surface area contributed by atoms with Gasteiger partial charge in [-0.25, -0.2) is 5.84 Å².